The second-order valence-electron chi connectivity index (χ2n) is 11.0. The van der Waals surface area contributed by atoms with Crippen molar-refractivity contribution in [2.24, 2.45) is 0 Å². The Morgan fingerprint density at radius 2 is 1.54 bits per heavy atom. The van der Waals surface area contributed by atoms with Crippen molar-refractivity contribution in [2.45, 2.75) is 64.6 Å². The van der Waals surface area contributed by atoms with Gasteiger partial charge >= 0.3 is 0 Å². The number of benzene rings is 3. The lowest BCUT2D eigenvalue weighted by atomic mass is 10.0. The van der Waals surface area contributed by atoms with Crippen LogP contribution in [-0.2, 0) is 32.6 Å². The number of rotatable bonds is 11. The van der Waals surface area contributed by atoms with Crippen LogP contribution in [0.3, 0.4) is 0 Å². The molecule has 3 aromatic rings. The van der Waals surface area contributed by atoms with Gasteiger partial charge in [-0.2, -0.15) is 0 Å². The van der Waals surface area contributed by atoms with Gasteiger partial charge in [-0.3, -0.25) is 13.9 Å². The summed E-state index contributed by atoms with van der Waals surface area (Å²) in [5, 5.41) is 3.73. The van der Waals surface area contributed by atoms with E-state index in [0.717, 1.165) is 58.5 Å². The molecule has 1 atom stereocenters. The van der Waals surface area contributed by atoms with Gasteiger partial charge in [-0.25, -0.2) is 8.42 Å². The van der Waals surface area contributed by atoms with Crippen LogP contribution in [-0.4, -0.2) is 50.0 Å². The van der Waals surface area contributed by atoms with Crippen molar-refractivity contribution in [2.75, 3.05) is 17.1 Å². The molecule has 3 aromatic carbocycles. The molecule has 0 radical (unpaired) electrons. The lowest BCUT2D eigenvalue weighted by Crippen LogP contribution is -2.54. The first-order valence-corrected chi connectivity index (χ1v) is 16.2. The molecule has 1 aliphatic carbocycles. The molecular weight excluding hydrogens is 558 g/mol. The minimum absolute atomic E-state index is 0.0658. The Kier molecular flexibility index (Phi) is 10.1. The number of aryl methyl sites for hydroxylation is 2. The highest BCUT2D eigenvalue weighted by molar-refractivity contribution is 7.92. The number of carbonyl (C=O) groups excluding carboxylic acids is 2. The molecule has 1 saturated carbocycles. The molecule has 0 unspecified atom stereocenters. The van der Waals surface area contributed by atoms with E-state index in [1.54, 1.807) is 24.3 Å². The number of sulfonamides is 1. The van der Waals surface area contributed by atoms with Crippen molar-refractivity contribution < 1.29 is 18.0 Å². The number of carbonyl (C=O) groups is 2. The van der Waals surface area contributed by atoms with E-state index in [2.05, 4.69) is 5.32 Å². The molecule has 0 heterocycles. The van der Waals surface area contributed by atoms with Crippen LogP contribution in [0, 0.1) is 13.8 Å². The van der Waals surface area contributed by atoms with Crippen molar-refractivity contribution in [1.29, 1.82) is 0 Å². The molecule has 1 N–H and O–H groups in total. The molecule has 1 aliphatic rings. The number of anilines is 1. The number of halogens is 1. The highest BCUT2D eigenvalue weighted by atomic mass is 35.5. The number of hydrogen-bond donors (Lipinski definition) is 1. The van der Waals surface area contributed by atoms with Crippen molar-refractivity contribution in [3.05, 3.63) is 100 Å². The largest absolute Gasteiger partial charge is 0.352 e. The van der Waals surface area contributed by atoms with Crippen LogP contribution in [0.15, 0.2) is 72.8 Å². The summed E-state index contributed by atoms with van der Waals surface area (Å²) in [6.45, 7) is 3.46. The van der Waals surface area contributed by atoms with Gasteiger partial charge < -0.3 is 10.2 Å². The molecule has 9 heteroatoms. The number of amides is 2. The zero-order valence-corrected chi connectivity index (χ0v) is 25.4. The number of hydrogen-bond acceptors (Lipinski definition) is 4. The van der Waals surface area contributed by atoms with Crippen LogP contribution >= 0.6 is 11.6 Å². The predicted molar refractivity (Wildman–Crippen MR) is 164 cm³/mol. The monoisotopic (exact) mass is 595 g/mol. The Morgan fingerprint density at radius 3 is 2.12 bits per heavy atom. The quantitative estimate of drug-likeness (QED) is 0.321. The van der Waals surface area contributed by atoms with Crippen molar-refractivity contribution in [3.8, 4) is 0 Å². The molecule has 2 amide bonds. The first-order chi connectivity index (χ1) is 19.5. The summed E-state index contributed by atoms with van der Waals surface area (Å²) in [7, 11) is -3.81. The number of nitrogens with zero attached hydrogens (tertiary/aromatic N) is 2. The minimum atomic E-state index is -3.81. The molecule has 0 aromatic heterocycles. The van der Waals surface area contributed by atoms with E-state index in [9.17, 15) is 18.0 Å². The van der Waals surface area contributed by atoms with Gasteiger partial charge in [-0.1, -0.05) is 73.0 Å². The van der Waals surface area contributed by atoms with Gasteiger partial charge in [-0.05, 0) is 73.2 Å². The van der Waals surface area contributed by atoms with E-state index >= 15 is 0 Å². The molecule has 0 aliphatic heterocycles. The lowest BCUT2D eigenvalue weighted by Gasteiger charge is -2.34. The zero-order valence-electron chi connectivity index (χ0n) is 23.8. The maximum Gasteiger partial charge on any atom is 0.244 e. The highest BCUT2D eigenvalue weighted by Crippen LogP contribution is 2.24. The smallest absolute Gasteiger partial charge is 0.244 e. The summed E-state index contributed by atoms with van der Waals surface area (Å²) in [5.74, 6) is -0.701. The molecule has 1 fully saturated rings. The van der Waals surface area contributed by atoms with Gasteiger partial charge in [0, 0.05) is 24.0 Å². The summed E-state index contributed by atoms with van der Waals surface area (Å²) < 4.78 is 27.1. The van der Waals surface area contributed by atoms with E-state index in [-0.39, 0.29) is 18.5 Å². The Labute approximate surface area is 248 Å². The normalized spacial score (nSPS) is 14.4. The maximum atomic E-state index is 14.2. The van der Waals surface area contributed by atoms with E-state index in [4.69, 9.17) is 11.6 Å². The van der Waals surface area contributed by atoms with Crippen LogP contribution in [0.1, 0.15) is 47.9 Å². The third-order valence-corrected chi connectivity index (χ3v) is 8.81. The Hall–Kier alpha value is -3.36. The van der Waals surface area contributed by atoms with Gasteiger partial charge in [0.2, 0.25) is 21.8 Å². The Morgan fingerprint density at radius 1 is 0.927 bits per heavy atom. The summed E-state index contributed by atoms with van der Waals surface area (Å²) in [5.41, 5.74) is 3.88. The average molecular weight is 596 g/mol. The SMILES string of the molecule is Cc1cc(C)cc(N(CC(=O)N(Cc2ccc(Cl)cc2)[C@H](Cc2ccccc2)C(=O)NC2CCCC2)S(C)(=O)=O)c1. The molecule has 7 nitrogen and oxygen atoms in total. The topological polar surface area (TPSA) is 86.8 Å². The van der Waals surface area contributed by atoms with Crippen LogP contribution in [0.25, 0.3) is 0 Å². The minimum Gasteiger partial charge on any atom is -0.352 e. The molecule has 4 rings (SSSR count). The van der Waals surface area contributed by atoms with Crippen molar-refractivity contribution in [1.82, 2.24) is 10.2 Å². The van der Waals surface area contributed by atoms with Crippen LogP contribution in [0.2, 0.25) is 5.02 Å². The average Bonchev–Trinajstić information content (AvgIpc) is 3.42. The number of nitrogens with one attached hydrogen (secondary N) is 1. The van der Waals surface area contributed by atoms with E-state index < -0.39 is 28.5 Å². The van der Waals surface area contributed by atoms with Crippen LogP contribution in [0.4, 0.5) is 5.69 Å². The fourth-order valence-electron chi connectivity index (χ4n) is 5.42. The van der Waals surface area contributed by atoms with E-state index in [1.807, 2.05) is 62.4 Å². The third-order valence-electron chi connectivity index (χ3n) is 7.41. The summed E-state index contributed by atoms with van der Waals surface area (Å²) >= 11 is 6.12. The van der Waals surface area contributed by atoms with Gasteiger partial charge in [0.1, 0.15) is 12.6 Å². The summed E-state index contributed by atoms with van der Waals surface area (Å²) in [6, 6.07) is 21.3. The van der Waals surface area contributed by atoms with Gasteiger partial charge in [0.25, 0.3) is 0 Å². The lowest BCUT2D eigenvalue weighted by molar-refractivity contribution is -0.140. The van der Waals surface area contributed by atoms with Crippen LogP contribution < -0.4 is 9.62 Å². The third kappa shape index (κ3) is 8.57. The fraction of sp³-hybridized carbons (Fsp3) is 0.375. The van der Waals surface area contributed by atoms with Gasteiger partial charge in [-0.15, -0.1) is 0 Å². The van der Waals surface area contributed by atoms with Crippen molar-refractivity contribution >= 4 is 39.1 Å². The van der Waals surface area contributed by atoms with E-state index in [0.29, 0.717) is 17.1 Å². The maximum absolute atomic E-state index is 14.2. The zero-order chi connectivity index (χ0) is 29.6. The summed E-state index contributed by atoms with van der Waals surface area (Å²) in [4.78, 5) is 29.6. The van der Waals surface area contributed by atoms with Gasteiger partial charge in [0.15, 0.2) is 0 Å². The second-order valence-corrected chi connectivity index (χ2v) is 13.3. The van der Waals surface area contributed by atoms with Crippen molar-refractivity contribution in [3.63, 3.8) is 0 Å². The van der Waals surface area contributed by atoms with E-state index in [1.165, 1.54) is 4.90 Å². The molecule has 218 valence electrons. The second kappa shape index (κ2) is 13.5. The molecule has 41 heavy (non-hydrogen) atoms. The first-order valence-electron chi connectivity index (χ1n) is 13.9. The van der Waals surface area contributed by atoms with Crippen LogP contribution in [0.5, 0.6) is 0 Å². The first kappa shape index (κ1) is 30.6. The molecule has 0 bridgehead atoms. The molecular formula is C32H38ClN3O4S. The highest BCUT2D eigenvalue weighted by Gasteiger charge is 2.34. The summed E-state index contributed by atoms with van der Waals surface area (Å²) in [6.07, 6.45) is 5.31. The standard InChI is InChI=1S/C32H38ClN3O4S/c1-23-17-24(2)19-29(18-23)36(41(3,39)40)22-31(37)35(21-26-13-15-27(33)16-14-26)30(20-25-9-5-4-6-10-25)32(38)34-28-11-7-8-12-28/h4-6,9-10,13-19,28,30H,7-8,11-12,20-22H2,1-3H3,(H,34,38)/t30-/m1/s1. The van der Waals surface area contributed by atoms with Gasteiger partial charge in [0.05, 0.1) is 11.9 Å². The molecule has 0 spiro atoms. The Balaban J connectivity index is 1.73. The Bertz CT molecular complexity index is 1440. The molecule has 0 saturated heterocycles. The predicted octanol–water partition coefficient (Wildman–Crippen LogP) is 5.42. The fourth-order valence-corrected chi connectivity index (χ4v) is 6.38.